The molecule has 1 saturated carbocycles. The van der Waals surface area contributed by atoms with Gasteiger partial charge in [-0.1, -0.05) is 18.2 Å². The Kier molecular flexibility index (Phi) is 6.90. The Morgan fingerprint density at radius 1 is 1.11 bits per heavy atom. The summed E-state index contributed by atoms with van der Waals surface area (Å²) >= 11 is 0. The highest BCUT2D eigenvalue weighted by atomic mass is 16.5. The molecule has 2 N–H and O–H groups in total. The van der Waals surface area contributed by atoms with Crippen LogP contribution in [0.3, 0.4) is 0 Å². The van der Waals surface area contributed by atoms with E-state index in [1.165, 1.54) is 18.4 Å². The number of nitrogens with zero attached hydrogens (tertiary/aromatic N) is 2. The number of pyridine rings is 1. The molecule has 2 aromatic rings. The Hall–Kier alpha value is -2.76. The van der Waals surface area contributed by atoms with Crippen molar-refractivity contribution in [2.45, 2.75) is 32.9 Å². The van der Waals surface area contributed by atoms with E-state index in [4.69, 9.17) is 9.47 Å². The van der Waals surface area contributed by atoms with Crippen LogP contribution in [0.2, 0.25) is 0 Å². The van der Waals surface area contributed by atoms with Gasteiger partial charge >= 0.3 is 0 Å². The first-order chi connectivity index (χ1) is 13.3. The molecule has 1 heterocycles. The van der Waals surface area contributed by atoms with Gasteiger partial charge in [0.1, 0.15) is 5.75 Å². The first-order valence-electron chi connectivity index (χ1n) is 9.49. The number of rotatable bonds is 9. The van der Waals surface area contributed by atoms with Crippen molar-refractivity contribution in [3.8, 4) is 11.6 Å². The maximum Gasteiger partial charge on any atom is 0.213 e. The number of methoxy groups -OCH3 is 1. The number of hydrogen-bond donors (Lipinski definition) is 2. The summed E-state index contributed by atoms with van der Waals surface area (Å²) in [7, 11) is 1.67. The quantitative estimate of drug-likeness (QED) is 0.526. The largest absolute Gasteiger partial charge is 0.497 e. The van der Waals surface area contributed by atoms with Crippen LogP contribution >= 0.6 is 0 Å². The van der Waals surface area contributed by atoms with Gasteiger partial charge in [0.15, 0.2) is 5.96 Å². The van der Waals surface area contributed by atoms with Crippen molar-refractivity contribution in [3.63, 3.8) is 0 Å². The first kappa shape index (κ1) is 19.0. The van der Waals surface area contributed by atoms with E-state index >= 15 is 0 Å². The van der Waals surface area contributed by atoms with Gasteiger partial charge in [0.05, 0.1) is 20.3 Å². The SMILES string of the molecule is CCNC(=NCc1ccc(OCC2CC2)nc1)NCc1ccc(OC)cc1. The summed E-state index contributed by atoms with van der Waals surface area (Å²) < 4.78 is 10.9. The van der Waals surface area contributed by atoms with Gasteiger partial charge in [-0.25, -0.2) is 9.98 Å². The number of ether oxygens (including phenoxy) is 2. The average molecular weight is 368 g/mol. The molecule has 0 spiro atoms. The van der Waals surface area contributed by atoms with Crippen molar-refractivity contribution in [2.75, 3.05) is 20.3 Å². The molecule has 0 amide bonds. The van der Waals surface area contributed by atoms with Gasteiger partial charge in [-0.3, -0.25) is 0 Å². The smallest absolute Gasteiger partial charge is 0.213 e. The molecule has 0 saturated heterocycles. The zero-order chi connectivity index (χ0) is 18.9. The van der Waals surface area contributed by atoms with Crippen LogP contribution in [0.1, 0.15) is 30.9 Å². The molecular formula is C21H28N4O2. The molecule has 27 heavy (non-hydrogen) atoms. The van der Waals surface area contributed by atoms with Gasteiger partial charge in [-0.05, 0) is 48.9 Å². The molecule has 6 heteroatoms. The summed E-state index contributed by atoms with van der Waals surface area (Å²) in [6, 6.07) is 11.9. The lowest BCUT2D eigenvalue weighted by Crippen LogP contribution is -2.36. The van der Waals surface area contributed by atoms with E-state index in [2.05, 4.69) is 27.5 Å². The molecule has 0 radical (unpaired) electrons. The van der Waals surface area contributed by atoms with Crippen molar-refractivity contribution in [3.05, 3.63) is 53.7 Å². The summed E-state index contributed by atoms with van der Waals surface area (Å²) in [6.45, 7) is 4.90. The molecule has 3 rings (SSSR count). The number of hydrogen-bond acceptors (Lipinski definition) is 4. The second kappa shape index (κ2) is 9.80. The lowest BCUT2D eigenvalue weighted by Gasteiger charge is -2.12. The van der Waals surface area contributed by atoms with E-state index in [0.717, 1.165) is 36.3 Å². The minimum absolute atomic E-state index is 0.563. The summed E-state index contributed by atoms with van der Waals surface area (Å²) in [6.07, 6.45) is 4.39. The number of benzene rings is 1. The molecule has 0 unspecified atom stereocenters. The minimum atomic E-state index is 0.563. The summed E-state index contributed by atoms with van der Waals surface area (Å²) in [5, 5.41) is 6.61. The van der Waals surface area contributed by atoms with E-state index in [1.54, 1.807) is 7.11 Å². The topological polar surface area (TPSA) is 67.8 Å². The molecule has 0 atom stereocenters. The van der Waals surface area contributed by atoms with Crippen LogP contribution in [0.25, 0.3) is 0 Å². The Labute approximate surface area is 161 Å². The van der Waals surface area contributed by atoms with Crippen molar-refractivity contribution in [2.24, 2.45) is 10.9 Å². The van der Waals surface area contributed by atoms with Crippen LogP contribution in [0.4, 0.5) is 0 Å². The number of guanidine groups is 1. The fourth-order valence-electron chi connectivity index (χ4n) is 2.52. The average Bonchev–Trinajstić information content (AvgIpc) is 3.54. The van der Waals surface area contributed by atoms with Crippen molar-refractivity contribution >= 4 is 5.96 Å². The molecule has 144 valence electrons. The van der Waals surface area contributed by atoms with Crippen molar-refractivity contribution in [1.82, 2.24) is 15.6 Å². The van der Waals surface area contributed by atoms with Crippen LogP contribution in [0, 0.1) is 5.92 Å². The van der Waals surface area contributed by atoms with Gasteiger partial charge in [-0.2, -0.15) is 0 Å². The van der Waals surface area contributed by atoms with Crippen LogP contribution in [-0.4, -0.2) is 31.2 Å². The molecule has 6 nitrogen and oxygen atoms in total. The maximum atomic E-state index is 5.67. The third-order valence-corrected chi connectivity index (χ3v) is 4.34. The number of nitrogens with one attached hydrogen (secondary N) is 2. The zero-order valence-electron chi connectivity index (χ0n) is 16.1. The molecule has 1 aliphatic rings. The second-order valence-corrected chi connectivity index (χ2v) is 6.66. The van der Waals surface area contributed by atoms with Gasteiger partial charge in [0, 0.05) is 25.4 Å². The zero-order valence-corrected chi connectivity index (χ0v) is 16.1. The predicted molar refractivity (Wildman–Crippen MR) is 107 cm³/mol. The Morgan fingerprint density at radius 2 is 1.89 bits per heavy atom. The van der Waals surface area contributed by atoms with E-state index in [9.17, 15) is 0 Å². The third-order valence-electron chi connectivity index (χ3n) is 4.34. The van der Waals surface area contributed by atoms with Crippen LogP contribution in [0.5, 0.6) is 11.6 Å². The molecule has 1 aliphatic carbocycles. The Balaban J connectivity index is 1.50. The number of aliphatic imine (C=N–C) groups is 1. The van der Waals surface area contributed by atoms with Crippen LogP contribution < -0.4 is 20.1 Å². The monoisotopic (exact) mass is 368 g/mol. The predicted octanol–water partition coefficient (Wildman–Crippen LogP) is 3.13. The van der Waals surface area contributed by atoms with E-state index < -0.39 is 0 Å². The van der Waals surface area contributed by atoms with Crippen molar-refractivity contribution in [1.29, 1.82) is 0 Å². The number of aromatic nitrogens is 1. The first-order valence-corrected chi connectivity index (χ1v) is 9.49. The molecule has 1 fully saturated rings. The second-order valence-electron chi connectivity index (χ2n) is 6.66. The maximum absolute atomic E-state index is 5.67. The van der Waals surface area contributed by atoms with Gasteiger partial charge in [-0.15, -0.1) is 0 Å². The standard InChI is InChI=1S/C21H28N4O2/c1-3-22-21(24-12-16-6-9-19(26-2)10-7-16)25-14-18-8-11-20(23-13-18)27-15-17-4-5-17/h6-11,13,17H,3-5,12,14-15H2,1-2H3,(H2,22,24,25). The Morgan fingerprint density at radius 3 is 2.52 bits per heavy atom. The van der Waals surface area contributed by atoms with E-state index in [-0.39, 0.29) is 0 Å². The highest BCUT2D eigenvalue weighted by Crippen LogP contribution is 2.29. The molecule has 0 bridgehead atoms. The lowest BCUT2D eigenvalue weighted by molar-refractivity contribution is 0.288. The third kappa shape index (κ3) is 6.47. The normalized spacial score (nSPS) is 13.9. The van der Waals surface area contributed by atoms with E-state index in [1.807, 2.05) is 42.6 Å². The van der Waals surface area contributed by atoms with E-state index in [0.29, 0.717) is 19.0 Å². The highest BCUT2D eigenvalue weighted by molar-refractivity contribution is 5.79. The van der Waals surface area contributed by atoms with Gasteiger partial charge in [0.25, 0.3) is 0 Å². The summed E-state index contributed by atoms with van der Waals surface area (Å²) in [5.74, 6) is 3.06. The van der Waals surface area contributed by atoms with Crippen molar-refractivity contribution < 1.29 is 9.47 Å². The molecule has 0 aliphatic heterocycles. The van der Waals surface area contributed by atoms with Crippen LogP contribution in [0.15, 0.2) is 47.6 Å². The molecule has 1 aromatic heterocycles. The fourth-order valence-corrected chi connectivity index (χ4v) is 2.52. The fraction of sp³-hybridized carbons (Fsp3) is 0.429. The van der Waals surface area contributed by atoms with Crippen LogP contribution in [-0.2, 0) is 13.1 Å². The minimum Gasteiger partial charge on any atom is -0.497 e. The highest BCUT2D eigenvalue weighted by Gasteiger charge is 2.21. The lowest BCUT2D eigenvalue weighted by atomic mass is 10.2. The summed E-state index contributed by atoms with van der Waals surface area (Å²) in [5.41, 5.74) is 2.22. The molecular weight excluding hydrogens is 340 g/mol. The summed E-state index contributed by atoms with van der Waals surface area (Å²) in [4.78, 5) is 9.00. The van der Waals surface area contributed by atoms with Gasteiger partial charge in [0.2, 0.25) is 5.88 Å². The Bertz CT molecular complexity index is 725. The van der Waals surface area contributed by atoms with Gasteiger partial charge < -0.3 is 20.1 Å². The molecule has 1 aromatic carbocycles.